The van der Waals surface area contributed by atoms with Crippen molar-refractivity contribution < 1.29 is 12.8 Å². The third-order valence-corrected chi connectivity index (χ3v) is 4.26. The Hall–Kier alpha value is -2.09. The van der Waals surface area contributed by atoms with Gasteiger partial charge in [-0.15, -0.1) is 0 Å². The Labute approximate surface area is 122 Å². The van der Waals surface area contributed by atoms with Crippen LogP contribution in [0.15, 0.2) is 29.2 Å². The average Bonchev–Trinajstić information content (AvgIpc) is 2.80. The van der Waals surface area contributed by atoms with Gasteiger partial charge < -0.3 is 5.73 Å². The van der Waals surface area contributed by atoms with Crippen LogP contribution in [0, 0.1) is 5.82 Å². The standard InChI is InChI=1S/C13H17FN4O2S/c1-13(2,3)11-7-12(17-16-11)18-21(19,20)8-4-5-10(15)9(14)6-8/h4-7H,15H2,1-3H3,(H2,16,17,18). The van der Waals surface area contributed by atoms with E-state index in [9.17, 15) is 12.8 Å². The largest absolute Gasteiger partial charge is 0.396 e. The van der Waals surface area contributed by atoms with Crippen LogP contribution in [0.2, 0.25) is 0 Å². The Morgan fingerprint density at radius 2 is 1.95 bits per heavy atom. The van der Waals surface area contributed by atoms with Gasteiger partial charge in [0, 0.05) is 17.2 Å². The number of nitrogens with one attached hydrogen (secondary N) is 2. The lowest BCUT2D eigenvalue weighted by Gasteiger charge is -2.14. The number of aromatic amines is 1. The second-order valence-corrected chi connectivity index (χ2v) is 7.39. The summed E-state index contributed by atoms with van der Waals surface area (Å²) in [7, 11) is -3.91. The summed E-state index contributed by atoms with van der Waals surface area (Å²) in [5, 5.41) is 6.67. The summed E-state index contributed by atoms with van der Waals surface area (Å²) in [5.41, 5.74) is 5.81. The molecule has 114 valence electrons. The van der Waals surface area contributed by atoms with Gasteiger partial charge in [0.25, 0.3) is 10.0 Å². The summed E-state index contributed by atoms with van der Waals surface area (Å²) in [6.07, 6.45) is 0. The molecule has 0 saturated heterocycles. The molecular weight excluding hydrogens is 295 g/mol. The molecular formula is C13H17FN4O2S. The van der Waals surface area contributed by atoms with Gasteiger partial charge in [0.2, 0.25) is 0 Å². The maximum Gasteiger partial charge on any atom is 0.263 e. The van der Waals surface area contributed by atoms with Crippen LogP contribution in [-0.4, -0.2) is 18.6 Å². The number of halogens is 1. The Balaban J connectivity index is 2.29. The maximum atomic E-state index is 13.4. The monoisotopic (exact) mass is 312 g/mol. The molecule has 21 heavy (non-hydrogen) atoms. The molecule has 8 heteroatoms. The van der Waals surface area contributed by atoms with Crippen LogP contribution in [-0.2, 0) is 15.4 Å². The minimum atomic E-state index is -3.91. The van der Waals surface area contributed by atoms with Crippen molar-refractivity contribution in [2.24, 2.45) is 0 Å². The SMILES string of the molecule is CC(C)(C)c1cc(NS(=O)(=O)c2ccc(N)c(F)c2)n[nH]1. The van der Waals surface area contributed by atoms with Gasteiger partial charge in [-0.3, -0.25) is 9.82 Å². The molecule has 0 aliphatic rings. The maximum absolute atomic E-state index is 13.4. The molecule has 0 bridgehead atoms. The molecule has 0 fully saturated rings. The summed E-state index contributed by atoms with van der Waals surface area (Å²) < 4.78 is 40.0. The van der Waals surface area contributed by atoms with E-state index in [1.165, 1.54) is 12.1 Å². The molecule has 0 aliphatic carbocycles. The number of nitrogens with two attached hydrogens (primary N) is 1. The van der Waals surface area contributed by atoms with Gasteiger partial charge in [0.15, 0.2) is 5.82 Å². The fourth-order valence-corrected chi connectivity index (χ4v) is 2.63. The predicted octanol–water partition coefficient (Wildman–Crippen LogP) is 2.23. The van der Waals surface area contributed by atoms with E-state index < -0.39 is 15.8 Å². The molecule has 0 unspecified atom stereocenters. The quantitative estimate of drug-likeness (QED) is 0.756. The zero-order chi connectivity index (χ0) is 15.8. The lowest BCUT2D eigenvalue weighted by molar-refractivity contribution is 0.567. The summed E-state index contributed by atoms with van der Waals surface area (Å²) >= 11 is 0. The molecule has 0 spiro atoms. The number of rotatable bonds is 3. The fourth-order valence-electron chi connectivity index (χ4n) is 1.63. The van der Waals surface area contributed by atoms with E-state index in [0.717, 1.165) is 11.8 Å². The zero-order valence-electron chi connectivity index (χ0n) is 11.9. The van der Waals surface area contributed by atoms with Crippen LogP contribution in [0.4, 0.5) is 15.9 Å². The van der Waals surface area contributed by atoms with E-state index in [4.69, 9.17) is 5.73 Å². The van der Waals surface area contributed by atoms with Crippen molar-refractivity contribution in [3.05, 3.63) is 35.8 Å². The van der Waals surface area contributed by atoms with Gasteiger partial charge in [-0.1, -0.05) is 20.8 Å². The third kappa shape index (κ3) is 3.33. The van der Waals surface area contributed by atoms with Crippen molar-refractivity contribution in [1.82, 2.24) is 10.2 Å². The summed E-state index contributed by atoms with van der Waals surface area (Å²) in [6.45, 7) is 5.90. The second kappa shape index (κ2) is 5.03. The van der Waals surface area contributed by atoms with Crippen LogP contribution < -0.4 is 10.5 Å². The minimum absolute atomic E-state index is 0.108. The zero-order valence-corrected chi connectivity index (χ0v) is 12.8. The Morgan fingerprint density at radius 3 is 2.48 bits per heavy atom. The molecule has 2 rings (SSSR count). The second-order valence-electron chi connectivity index (χ2n) is 5.71. The molecule has 4 N–H and O–H groups in total. The van der Waals surface area contributed by atoms with Crippen molar-refractivity contribution in [2.75, 3.05) is 10.5 Å². The van der Waals surface area contributed by atoms with Gasteiger partial charge in [0.1, 0.15) is 5.82 Å². The van der Waals surface area contributed by atoms with Crippen molar-refractivity contribution in [3.63, 3.8) is 0 Å². The van der Waals surface area contributed by atoms with Crippen LogP contribution in [0.1, 0.15) is 26.5 Å². The highest BCUT2D eigenvalue weighted by Gasteiger charge is 2.20. The first-order valence-electron chi connectivity index (χ1n) is 6.23. The highest BCUT2D eigenvalue weighted by molar-refractivity contribution is 7.92. The minimum Gasteiger partial charge on any atom is -0.396 e. The number of nitrogens with zero attached hydrogens (tertiary/aromatic N) is 1. The lowest BCUT2D eigenvalue weighted by atomic mass is 9.92. The average molecular weight is 312 g/mol. The number of anilines is 2. The summed E-state index contributed by atoms with van der Waals surface area (Å²) in [4.78, 5) is -0.213. The van der Waals surface area contributed by atoms with E-state index in [0.29, 0.717) is 0 Å². The first-order valence-corrected chi connectivity index (χ1v) is 7.71. The normalized spacial score (nSPS) is 12.4. The molecule has 1 aromatic carbocycles. The number of sulfonamides is 1. The lowest BCUT2D eigenvalue weighted by Crippen LogP contribution is -2.14. The molecule has 0 saturated carbocycles. The highest BCUT2D eigenvalue weighted by atomic mass is 32.2. The smallest absolute Gasteiger partial charge is 0.263 e. The molecule has 2 aromatic rings. The predicted molar refractivity (Wildman–Crippen MR) is 78.9 cm³/mol. The number of aromatic nitrogens is 2. The Morgan fingerprint density at radius 1 is 1.29 bits per heavy atom. The molecule has 0 amide bonds. The van der Waals surface area contributed by atoms with Crippen LogP contribution in [0.3, 0.4) is 0 Å². The highest BCUT2D eigenvalue weighted by Crippen LogP contribution is 2.24. The van der Waals surface area contributed by atoms with Crippen molar-refractivity contribution in [1.29, 1.82) is 0 Å². The van der Waals surface area contributed by atoms with Crippen molar-refractivity contribution >= 4 is 21.5 Å². The van der Waals surface area contributed by atoms with Gasteiger partial charge in [-0.25, -0.2) is 12.8 Å². The molecule has 0 atom stereocenters. The number of H-pyrrole nitrogens is 1. The third-order valence-electron chi connectivity index (χ3n) is 2.91. The number of nitrogen functional groups attached to an aromatic ring is 1. The van der Waals surface area contributed by atoms with Crippen LogP contribution in [0.25, 0.3) is 0 Å². The van der Waals surface area contributed by atoms with Gasteiger partial charge >= 0.3 is 0 Å². The molecule has 0 radical (unpaired) electrons. The number of hydrogen-bond acceptors (Lipinski definition) is 4. The van der Waals surface area contributed by atoms with E-state index in [-0.39, 0.29) is 21.8 Å². The van der Waals surface area contributed by atoms with Gasteiger partial charge in [0.05, 0.1) is 10.6 Å². The molecule has 1 heterocycles. The van der Waals surface area contributed by atoms with E-state index >= 15 is 0 Å². The van der Waals surface area contributed by atoms with Gasteiger partial charge in [-0.05, 0) is 18.2 Å². The van der Waals surface area contributed by atoms with E-state index in [1.807, 2.05) is 20.8 Å². The number of hydrogen-bond donors (Lipinski definition) is 3. The summed E-state index contributed by atoms with van der Waals surface area (Å²) in [6, 6.07) is 4.91. The molecule has 1 aromatic heterocycles. The fraction of sp³-hybridized carbons (Fsp3) is 0.308. The van der Waals surface area contributed by atoms with E-state index in [1.54, 1.807) is 6.07 Å². The Bertz CT molecular complexity index is 763. The molecule has 0 aliphatic heterocycles. The van der Waals surface area contributed by atoms with Crippen LogP contribution >= 0.6 is 0 Å². The number of benzene rings is 1. The Kier molecular flexibility index (Phi) is 3.66. The van der Waals surface area contributed by atoms with E-state index in [2.05, 4.69) is 14.9 Å². The first kappa shape index (κ1) is 15.3. The van der Waals surface area contributed by atoms with Gasteiger partial charge in [-0.2, -0.15) is 5.10 Å². The van der Waals surface area contributed by atoms with Crippen molar-refractivity contribution in [2.45, 2.75) is 31.1 Å². The van der Waals surface area contributed by atoms with Crippen molar-refractivity contribution in [3.8, 4) is 0 Å². The summed E-state index contributed by atoms with van der Waals surface area (Å²) in [5.74, 6) is -0.632. The first-order chi connectivity index (χ1) is 9.59. The van der Waals surface area contributed by atoms with Crippen LogP contribution in [0.5, 0.6) is 0 Å². The topological polar surface area (TPSA) is 101 Å². The molecule has 6 nitrogen and oxygen atoms in total.